The lowest BCUT2D eigenvalue weighted by Crippen LogP contribution is -2.15. The quantitative estimate of drug-likeness (QED) is 0.729. The molecule has 2 aromatic rings. The van der Waals surface area contributed by atoms with Crippen molar-refractivity contribution in [2.24, 2.45) is 5.92 Å². The maximum atomic E-state index is 12.3. The summed E-state index contributed by atoms with van der Waals surface area (Å²) in [5.41, 5.74) is 0. The molecule has 2 aromatic heterocycles. The Kier molecular flexibility index (Phi) is 5.50. The number of carbonyl (C=O) groups excluding carboxylic acids is 1. The fourth-order valence-electron chi connectivity index (χ4n) is 1.84. The molecule has 0 radical (unpaired) electrons. The molecule has 0 fully saturated rings. The molecule has 6 heteroatoms. The molecule has 0 aliphatic carbocycles. The highest BCUT2D eigenvalue weighted by atomic mass is 32.1. The molecule has 0 N–H and O–H groups in total. The van der Waals surface area contributed by atoms with Crippen molar-refractivity contribution in [2.75, 3.05) is 6.61 Å². The molecule has 2 rings (SSSR count). The zero-order valence-corrected chi connectivity index (χ0v) is 13.5. The van der Waals surface area contributed by atoms with Gasteiger partial charge in [-0.25, -0.2) is 0 Å². The van der Waals surface area contributed by atoms with E-state index >= 15 is 0 Å². The van der Waals surface area contributed by atoms with Crippen LogP contribution in [0.1, 0.15) is 44.8 Å². The van der Waals surface area contributed by atoms with Crippen LogP contribution in [0.5, 0.6) is 6.01 Å². The van der Waals surface area contributed by atoms with Crippen LogP contribution < -0.4 is 4.74 Å². The number of carbonyl (C=O) groups is 1. The van der Waals surface area contributed by atoms with E-state index in [1.165, 1.54) is 16.0 Å². The second kappa shape index (κ2) is 7.36. The third kappa shape index (κ3) is 4.14. The number of aromatic nitrogens is 3. The van der Waals surface area contributed by atoms with Gasteiger partial charge in [-0.15, -0.1) is 16.4 Å². The first-order valence-electron chi connectivity index (χ1n) is 7.28. The van der Waals surface area contributed by atoms with Crippen LogP contribution in [0.15, 0.2) is 17.5 Å². The highest BCUT2D eigenvalue weighted by Gasteiger charge is 2.19. The number of thiophene rings is 1. The van der Waals surface area contributed by atoms with Crippen molar-refractivity contribution in [3.63, 3.8) is 0 Å². The Balaban J connectivity index is 2.25. The van der Waals surface area contributed by atoms with Crippen molar-refractivity contribution < 1.29 is 9.53 Å². The van der Waals surface area contributed by atoms with Gasteiger partial charge in [-0.05, 0) is 23.8 Å². The molecule has 0 aliphatic rings. The number of unbranched alkanes of at least 4 members (excludes halogenated alkanes) is 1. The number of rotatable bonds is 7. The van der Waals surface area contributed by atoms with E-state index in [0.717, 1.165) is 17.7 Å². The van der Waals surface area contributed by atoms with E-state index in [1.807, 2.05) is 31.4 Å². The molecule has 0 unspecified atom stereocenters. The summed E-state index contributed by atoms with van der Waals surface area (Å²) >= 11 is 1.54. The van der Waals surface area contributed by atoms with Crippen LogP contribution in [0, 0.1) is 5.92 Å². The van der Waals surface area contributed by atoms with Gasteiger partial charge in [0.05, 0.1) is 11.5 Å². The van der Waals surface area contributed by atoms with Crippen LogP contribution in [0.25, 0.3) is 10.7 Å². The first-order chi connectivity index (χ1) is 10.1. The second-order valence-corrected chi connectivity index (χ2v) is 6.25. The van der Waals surface area contributed by atoms with E-state index < -0.39 is 0 Å². The molecule has 2 heterocycles. The summed E-state index contributed by atoms with van der Waals surface area (Å²) < 4.78 is 6.91. The predicted octanol–water partition coefficient (Wildman–Crippen LogP) is 3.87. The van der Waals surface area contributed by atoms with E-state index in [9.17, 15) is 4.79 Å². The van der Waals surface area contributed by atoms with Crippen LogP contribution >= 0.6 is 11.3 Å². The summed E-state index contributed by atoms with van der Waals surface area (Å²) in [4.78, 5) is 17.6. The normalized spacial score (nSPS) is 11.0. The van der Waals surface area contributed by atoms with Crippen molar-refractivity contribution >= 4 is 17.2 Å². The van der Waals surface area contributed by atoms with Gasteiger partial charge in [-0.3, -0.25) is 4.79 Å². The SMILES string of the molecule is CCCCOc1nc(-c2cccs2)n(C(=O)CC(C)C)n1. The van der Waals surface area contributed by atoms with E-state index in [-0.39, 0.29) is 17.8 Å². The van der Waals surface area contributed by atoms with Gasteiger partial charge in [-0.2, -0.15) is 9.67 Å². The van der Waals surface area contributed by atoms with Gasteiger partial charge >= 0.3 is 6.01 Å². The lowest BCUT2D eigenvalue weighted by molar-refractivity contribution is 0.0870. The largest absolute Gasteiger partial charge is 0.462 e. The van der Waals surface area contributed by atoms with E-state index in [4.69, 9.17) is 4.74 Å². The van der Waals surface area contributed by atoms with Crippen LogP contribution in [0.3, 0.4) is 0 Å². The zero-order valence-electron chi connectivity index (χ0n) is 12.7. The highest BCUT2D eigenvalue weighted by Crippen LogP contribution is 2.25. The molecule has 0 atom stereocenters. The van der Waals surface area contributed by atoms with Crippen LogP contribution in [-0.2, 0) is 0 Å². The van der Waals surface area contributed by atoms with E-state index in [1.54, 1.807) is 0 Å². The minimum atomic E-state index is -0.0498. The summed E-state index contributed by atoms with van der Waals surface area (Å²) in [6.45, 7) is 6.69. The molecule has 0 aromatic carbocycles. The summed E-state index contributed by atoms with van der Waals surface area (Å²) in [7, 11) is 0. The smallest absolute Gasteiger partial charge is 0.336 e. The van der Waals surface area contributed by atoms with Gasteiger partial charge in [-0.1, -0.05) is 33.3 Å². The molecule has 5 nitrogen and oxygen atoms in total. The van der Waals surface area contributed by atoms with Crippen LogP contribution in [0.4, 0.5) is 0 Å². The Morgan fingerprint density at radius 1 is 1.48 bits per heavy atom. The maximum Gasteiger partial charge on any atom is 0.336 e. The fourth-order valence-corrected chi connectivity index (χ4v) is 2.54. The number of hydrogen-bond acceptors (Lipinski definition) is 5. The monoisotopic (exact) mass is 307 g/mol. The van der Waals surface area contributed by atoms with E-state index in [0.29, 0.717) is 18.9 Å². The molecule has 0 saturated carbocycles. The Morgan fingerprint density at radius 2 is 2.29 bits per heavy atom. The van der Waals surface area contributed by atoms with Crippen molar-refractivity contribution in [1.82, 2.24) is 14.8 Å². The van der Waals surface area contributed by atoms with Gasteiger partial charge in [0.25, 0.3) is 0 Å². The van der Waals surface area contributed by atoms with Crippen molar-refractivity contribution in [2.45, 2.75) is 40.0 Å². The van der Waals surface area contributed by atoms with Gasteiger partial charge in [0.15, 0.2) is 5.82 Å². The molecule has 0 spiro atoms. The molecule has 0 aliphatic heterocycles. The van der Waals surface area contributed by atoms with Crippen LogP contribution in [0.2, 0.25) is 0 Å². The Bertz CT molecular complexity index is 576. The molecule has 0 amide bonds. The molecule has 0 bridgehead atoms. The zero-order chi connectivity index (χ0) is 15.2. The topological polar surface area (TPSA) is 57.0 Å². The summed E-state index contributed by atoms with van der Waals surface area (Å²) in [5, 5.41) is 6.19. The average Bonchev–Trinajstić information content (AvgIpc) is 3.06. The van der Waals surface area contributed by atoms with Gasteiger partial charge < -0.3 is 4.74 Å². The number of nitrogens with zero attached hydrogens (tertiary/aromatic N) is 3. The molecule has 21 heavy (non-hydrogen) atoms. The third-order valence-electron chi connectivity index (χ3n) is 2.88. The lowest BCUT2D eigenvalue weighted by atomic mass is 10.1. The second-order valence-electron chi connectivity index (χ2n) is 5.30. The highest BCUT2D eigenvalue weighted by molar-refractivity contribution is 7.13. The average molecular weight is 307 g/mol. The molecule has 114 valence electrons. The van der Waals surface area contributed by atoms with Gasteiger partial charge in [0.2, 0.25) is 5.91 Å². The van der Waals surface area contributed by atoms with E-state index in [2.05, 4.69) is 17.0 Å². The van der Waals surface area contributed by atoms with Gasteiger partial charge in [0, 0.05) is 6.42 Å². The summed E-state index contributed by atoms with van der Waals surface area (Å²) in [5.74, 6) is 0.802. The molecular formula is C15H21N3O2S. The summed E-state index contributed by atoms with van der Waals surface area (Å²) in [6, 6.07) is 4.15. The van der Waals surface area contributed by atoms with Crippen molar-refractivity contribution in [3.05, 3.63) is 17.5 Å². The minimum Gasteiger partial charge on any atom is -0.462 e. The van der Waals surface area contributed by atoms with Gasteiger partial charge in [0.1, 0.15) is 0 Å². The third-order valence-corrected chi connectivity index (χ3v) is 3.74. The Labute approximate surface area is 129 Å². The molecule has 0 saturated heterocycles. The Morgan fingerprint density at radius 3 is 2.90 bits per heavy atom. The van der Waals surface area contributed by atoms with Crippen molar-refractivity contribution in [3.8, 4) is 16.7 Å². The lowest BCUT2D eigenvalue weighted by Gasteiger charge is -2.05. The fraction of sp³-hybridized carbons (Fsp3) is 0.533. The molecular weight excluding hydrogens is 286 g/mol. The first kappa shape index (κ1) is 15.7. The van der Waals surface area contributed by atoms with Crippen LogP contribution in [-0.4, -0.2) is 27.3 Å². The first-order valence-corrected chi connectivity index (χ1v) is 8.16. The standard InChI is InChI=1S/C15H21N3O2S/c1-4-5-8-20-15-16-14(12-7-6-9-21-12)18(17-15)13(19)10-11(2)3/h6-7,9,11H,4-5,8,10H2,1-3H3. The minimum absolute atomic E-state index is 0.0498. The number of ether oxygens (including phenoxy) is 1. The maximum absolute atomic E-state index is 12.3. The Hall–Kier alpha value is -1.69. The van der Waals surface area contributed by atoms with Crippen molar-refractivity contribution in [1.29, 1.82) is 0 Å². The predicted molar refractivity (Wildman–Crippen MR) is 83.8 cm³/mol. The summed E-state index contributed by atoms with van der Waals surface area (Å²) in [6.07, 6.45) is 2.43. The number of hydrogen-bond donors (Lipinski definition) is 0.